The van der Waals surface area contributed by atoms with Crippen molar-refractivity contribution in [3.63, 3.8) is 0 Å². The lowest BCUT2D eigenvalue weighted by Gasteiger charge is -2.34. The summed E-state index contributed by atoms with van der Waals surface area (Å²) in [6.45, 7) is 9.90. The highest BCUT2D eigenvalue weighted by Crippen LogP contribution is 2.56. The highest BCUT2D eigenvalue weighted by atomic mass is 16.5. The van der Waals surface area contributed by atoms with Crippen molar-refractivity contribution >= 4 is 5.97 Å². The molecule has 0 N–H and O–H groups in total. The molecule has 0 spiro atoms. The zero-order chi connectivity index (χ0) is 14.0. The minimum Gasteiger partial charge on any atom is -0.434 e. The Labute approximate surface area is 115 Å². The van der Waals surface area contributed by atoms with Gasteiger partial charge in [-0.1, -0.05) is 42.9 Å². The predicted octanol–water partition coefficient (Wildman–Crippen LogP) is 4.31. The summed E-state index contributed by atoms with van der Waals surface area (Å²) >= 11 is 0. The van der Waals surface area contributed by atoms with E-state index in [1.54, 1.807) is 5.57 Å². The molecule has 0 aromatic carbocycles. The first-order valence-corrected chi connectivity index (χ1v) is 6.84. The topological polar surface area (TPSA) is 26.3 Å². The van der Waals surface area contributed by atoms with Crippen LogP contribution in [-0.4, -0.2) is 5.97 Å². The number of carbonyl (C=O) groups is 1. The predicted molar refractivity (Wildman–Crippen MR) is 77.3 cm³/mol. The Morgan fingerprint density at radius 2 is 2.32 bits per heavy atom. The fourth-order valence-electron chi connectivity index (χ4n) is 3.03. The first-order chi connectivity index (χ1) is 8.93. The highest BCUT2D eigenvalue weighted by molar-refractivity contribution is 5.66. The van der Waals surface area contributed by atoms with Gasteiger partial charge in [0.05, 0.1) is 6.26 Å². The number of esters is 1. The molecular weight excluding hydrogens is 236 g/mol. The summed E-state index contributed by atoms with van der Waals surface area (Å²) in [5, 5.41) is 0. The monoisotopic (exact) mass is 258 g/mol. The van der Waals surface area contributed by atoms with Gasteiger partial charge < -0.3 is 4.74 Å². The molecule has 2 aliphatic rings. The van der Waals surface area contributed by atoms with Gasteiger partial charge >= 0.3 is 5.97 Å². The van der Waals surface area contributed by atoms with Gasteiger partial charge in [0.1, 0.15) is 0 Å². The van der Waals surface area contributed by atoms with Gasteiger partial charge in [-0.15, -0.1) is 0 Å². The first-order valence-electron chi connectivity index (χ1n) is 6.84. The number of ether oxygens (including phenoxy) is 1. The molecule has 102 valence electrons. The van der Waals surface area contributed by atoms with Crippen LogP contribution in [-0.2, 0) is 9.53 Å². The van der Waals surface area contributed by atoms with E-state index in [0.717, 1.165) is 12.0 Å². The van der Waals surface area contributed by atoms with Gasteiger partial charge in [0.2, 0.25) is 0 Å². The molecular formula is C17H22O2. The van der Waals surface area contributed by atoms with Crippen LogP contribution in [0.15, 0.2) is 47.8 Å². The summed E-state index contributed by atoms with van der Waals surface area (Å²) in [7, 11) is 0. The Bertz CT molecular complexity index is 493. The number of allylic oxidation sites excluding steroid dienone is 6. The molecule has 0 aromatic rings. The normalized spacial score (nSPS) is 30.1. The van der Waals surface area contributed by atoms with E-state index in [9.17, 15) is 4.79 Å². The Kier molecular flexibility index (Phi) is 3.79. The van der Waals surface area contributed by atoms with Gasteiger partial charge in [-0.05, 0) is 37.7 Å². The summed E-state index contributed by atoms with van der Waals surface area (Å²) in [5.41, 5.74) is 4.00. The van der Waals surface area contributed by atoms with Crippen LogP contribution in [0.25, 0.3) is 0 Å². The fraction of sp³-hybridized carbons (Fsp3) is 0.471. The third kappa shape index (κ3) is 2.73. The van der Waals surface area contributed by atoms with E-state index in [4.69, 9.17) is 4.74 Å². The van der Waals surface area contributed by atoms with Crippen LogP contribution in [0.4, 0.5) is 0 Å². The zero-order valence-electron chi connectivity index (χ0n) is 12.0. The maximum atomic E-state index is 10.7. The molecule has 2 aliphatic carbocycles. The van der Waals surface area contributed by atoms with Gasteiger partial charge in [0, 0.05) is 12.3 Å². The molecule has 2 nitrogen and oxygen atoms in total. The Morgan fingerprint density at radius 3 is 2.89 bits per heavy atom. The van der Waals surface area contributed by atoms with E-state index < -0.39 is 0 Å². The van der Waals surface area contributed by atoms with Crippen molar-refractivity contribution in [2.24, 2.45) is 11.3 Å². The van der Waals surface area contributed by atoms with Gasteiger partial charge in [0.15, 0.2) is 0 Å². The average Bonchev–Trinajstić information content (AvgIpc) is 2.91. The molecule has 2 bridgehead atoms. The van der Waals surface area contributed by atoms with Crippen molar-refractivity contribution in [1.29, 1.82) is 0 Å². The molecule has 0 aromatic heterocycles. The van der Waals surface area contributed by atoms with E-state index in [1.807, 2.05) is 13.0 Å². The van der Waals surface area contributed by atoms with Crippen LogP contribution in [0.1, 0.15) is 40.0 Å². The first kappa shape index (κ1) is 13.9. The third-order valence-electron chi connectivity index (χ3n) is 4.31. The number of carbonyl (C=O) groups excluding carboxylic acids is 1. The Hall–Kier alpha value is -1.57. The molecule has 0 saturated carbocycles. The minimum absolute atomic E-state index is 0.140. The van der Waals surface area contributed by atoms with Gasteiger partial charge in [0.25, 0.3) is 0 Å². The summed E-state index contributed by atoms with van der Waals surface area (Å²) in [6.07, 6.45) is 11.5. The fourth-order valence-corrected chi connectivity index (χ4v) is 3.03. The molecule has 0 amide bonds. The second kappa shape index (κ2) is 5.20. The standard InChI is InChI=1S/C17H22O2/c1-12(11-19-14(3)18)6-5-9-17(4)13(2)15-7-8-16(17)10-15/h5-6,10-11,15H,2,7-9H2,1,3-4H3/b6-5+,12-11+/t15-,17+/m1/s1. The maximum absolute atomic E-state index is 10.7. The van der Waals surface area contributed by atoms with Crippen LogP contribution in [0.5, 0.6) is 0 Å². The molecule has 0 aliphatic heterocycles. The van der Waals surface area contributed by atoms with Crippen molar-refractivity contribution in [2.45, 2.75) is 40.0 Å². The SMILES string of the molecule is C=C1[C@H]2C=C(CC2)[C@@]1(C)C/C=C/C(C)=C/OC(C)=O. The summed E-state index contributed by atoms with van der Waals surface area (Å²) in [6, 6.07) is 0. The minimum atomic E-state index is -0.286. The molecule has 0 unspecified atom stereocenters. The lowest BCUT2D eigenvalue weighted by atomic mass is 9.70. The number of hydrogen-bond acceptors (Lipinski definition) is 2. The van der Waals surface area contributed by atoms with Crippen molar-refractivity contribution in [2.75, 3.05) is 0 Å². The van der Waals surface area contributed by atoms with E-state index in [1.165, 1.54) is 31.6 Å². The van der Waals surface area contributed by atoms with Crippen LogP contribution in [0, 0.1) is 11.3 Å². The van der Waals surface area contributed by atoms with E-state index >= 15 is 0 Å². The Morgan fingerprint density at radius 1 is 1.58 bits per heavy atom. The van der Waals surface area contributed by atoms with Crippen molar-refractivity contribution in [1.82, 2.24) is 0 Å². The second-order valence-electron chi connectivity index (χ2n) is 5.77. The van der Waals surface area contributed by atoms with Crippen LogP contribution in [0.2, 0.25) is 0 Å². The van der Waals surface area contributed by atoms with Crippen LogP contribution in [0.3, 0.4) is 0 Å². The smallest absolute Gasteiger partial charge is 0.307 e. The van der Waals surface area contributed by atoms with Crippen LogP contribution < -0.4 is 0 Å². The number of fused-ring (bicyclic) bond motifs is 1. The Balaban J connectivity index is 1.95. The largest absolute Gasteiger partial charge is 0.434 e. The van der Waals surface area contributed by atoms with Crippen molar-refractivity contribution in [3.8, 4) is 0 Å². The molecule has 0 heterocycles. The van der Waals surface area contributed by atoms with Crippen LogP contribution >= 0.6 is 0 Å². The molecule has 2 atom stereocenters. The van der Waals surface area contributed by atoms with Crippen molar-refractivity contribution < 1.29 is 9.53 Å². The van der Waals surface area contributed by atoms with E-state index in [-0.39, 0.29) is 11.4 Å². The molecule has 0 radical (unpaired) electrons. The lowest BCUT2D eigenvalue weighted by Crippen LogP contribution is -2.22. The zero-order valence-corrected chi connectivity index (χ0v) is 12.0. The van der Waals surface area contributed by atoms with Gasteiger partial charge in [-0.3, -0.25) is 4.79 Å². The van der Waals surface area contributed by atoms with Gasteiger partial charge in [-0.2, -0.15) is 0 Å². The third-order valence-corrected chi connectivity index (χ3v) is 4.31. The average molecular weight is 258 g/mol. The van der Waals surface area contributed by atoms with E-state index in [2.05, 4.69) is 25.7 Å². The lowest BCUT2D eigenvalue weighted by molar-refractivity contribution is -0.135. The molecule has 0 saturated heterocycles. The summed E-state index contributed by atoms with van der Waals surface area (Å²) < 4.78 is 4.84. The van der Waals surface area contributed by atoms with Crippen molar-refractivity contribution in [3.05, 3.63) is 47.8 Å². The number of hydrogen-bond donors (Lipinski definition) is 0. The van der Waals surface area contributed by atoms with E-state index in [0.29, 0.717) is 5.92 Å². The molecule has 2 rings (SSSR count). The summed E-state index contributed by atoms with van der Waals surface area (Å²) in [4.78, 5) is 10.7. The summed E-state index contributed by atoms with van der Waals surface area (Å²) in [5.74, 6) is 0.317. The quantitative estimate of drug-likeness (QED) is 0.325. The molecule has 19 heavy (non-hydrogen) atoms. The second-order valence-corrected chi connectivity index (χ2v) is 5.77. The maximum Gasteiger partial charge on any atom is 0.307 e. The molecule has 2 heteroatoms. The van der Waals surface area contributed by atoms with Gasteiger partial charge in [-0.25, -0.2) is 0 Å². The molecule has 0 fully saturated rings. The number of rotatable bonds is 4. The highest BCUT2D eigenvalue weighted by Gasteiger charge is 2.43.